The highest BCUT2D eigenvalue weighted by atomic mass is 35.5. The van der Waals surface area contributed by atoms with Crippen molar-refractivity contribution in [2.45, 2.75) is 51.7 Å². The number of amides is 1. The largest absolute Gasteiger partial charge is 0.445 e. The molecular formula is C25H24ClNO6. The average Bonchev–Trinajstić information content (AvgIpc) is 3.30. The van der Waals surface area contributed by atoms with Gasteiger partial charge in [-0.3, -0.25) is 0 Å². The van der Waals surface area contributed by atoms with Crippen molar-refractivity contribution in [2.75, 3.05) is 0 Å². The van der Waals surface area contributed by atoms with Gasteiger partial charge in [0.2, 0.25) is 0 Å². The summed E-state index contributed by atoms with van der Waals surface area (Å²) in [7, 11) is 0. The van der Waals surface area contributed by atoms with Gasteiger partial charge in [0.25, 0.3) is 0 Å². The van der Waals surface area contributed by atoms with Crippen molar-refractivity contribution in [3.8, 4) is 5.75 Å². The number of alkyl carbamates (subject to hydrolysis) is 1. The molecular weight excluding hydrogens is 446 g/mol. The number of fused-ring (bicyclic) bond motifs is 3. The van der Waals surface area contributed by atoms with Gasteiger partial charge in [-0.25, -0.2) is 14.4 Å². The van der Waals surface area contributed by atoms with Crippen LogP contribution >= 0.6 is 11.6 Å². The maximum atomic E-state index is 12.8. The molecule has 7 nitrogen and oxygen atoms in total. The Labute approximate surface area is 195 Å². The van der Waals surface area contributed by atoms with Crippen LogP contribution in [-0.2, 0) is 29.0 Å². The average molecular weight is 470 g/mol. The SMILES string of the molecule is CCC[C@H](NC(=O)OCc1ccccc1)C(=O)Oc1cc2oc(=O)c3c(c2cc1Cl)CCC3. The summed E-state index contributed by atoms with van der Waals surface area (Å²) in [5, 5.41) is 3.53. The van der Waals surface area contributed by atoms with Gasteiger partial charge in [0.1, 0.15) is 18.2 Å². The molecule has 1 heterocycles. The fraction of sp³-hybridized carbons (Fsp3) is 0.320. The highest BCUT2D eigenvalue weighted by Gasteiger charge is 2.25. The number of ether oxygens (including phenoxy) is 2. The highest BCUT2D eigenvalue weighted by molar-refractivity contribution is 6.33. The van der Waals surface area contributed by atoms with Crippen LogP contribution in [0.15, 0.2) is 51.7 Å². The van der Waals surface area contributed by atoms with E-state index in [-0.39, 0.29) is 23.0 Å². The lowest BCUT2D eigenvalue weighted by atomic mass is 10.1. The monoisotopic (exact) mass is 469 g/mol. The van der Waals surface area contributed by atoms with Crippen LogP contribution < -0.4 is 15.7 Å². The van der Waals surface area contributed by atoms with E-state index in [2.05, 4.69) is 5.32 Å². The number of aryl methyl sites for hydroxylation is 1. The summed E-state index contributed by atoms with van der Waals surface area (Å²) in [5.41, 5.74) is 2.40. The maximum Gasteiger partial charge on any atom is 0.408 e. The predicted molar refractivity (Wildman–Crippen MR) is 124 cm³/mol. The van der Waals surface area contributed by atoms with Crippen LogP contribution in [0.4, 0.5) is 4.79 Å². The minimum Gasteiger partial charge on any atom is -0.445 e. The van der Waals surface area contributed by atoms with Gasteiger partial charge in [-0.2, -0.15) is 0 Å². The Morgan fingerprint density at radius 2 is 1.91 bits per heavy atom. The molecule has 0 saturated carbocycles. The van der Waals surface area contributed by atoms with Gasteiger partial charge in [-0.05, 0) is 42.9 Å². The molecule has 1 N–H and O–H groups in total. The molecule has 0 saturated heterocycles. The molecule has 0 fully saturated rings. The number of carbonyl (C=O) groups is 2. The van der Waals surface area contributed by atoms with Gasteiger partial charge >= 0.3 is 17.7 Å². The molecule has 172 valence electrons. The van der Waals surface area contributed by atoms with Crippen molar-refractivity contribution in [3.63, 3.8) is 0 Å². The lowest BCUT2D eigenvalue weighted by Gasteiger charge is -2.17. The zero-order chi connectivity index (χ0) is 23.4. The fourth-order valence-corrected chi connectivity index (χ4v) is 4.19. The molecule has 1 aromatic heterocycles. The summed E-state index contributed by atoms with van der Waals surface area (Å²) in [6.07, 6.45) is 2.62. The normalized spacial score (nSPS) is 13.4. The minimum atomic E-state index is -0.919. The van der Waals surface area contributed by atoms with E-state index >= 15 is 0 Å². The van der Waals surface area contributed by atoms with E-state index in [1.807, 2.05) is 37.3 Å². The second-order valence-electron chi connectivity index (χ2n) is 7.95. The van der Waals surface area contributed by atoms with Gasteiger partial charge in [0, 0.05) is 17.0 Å². The molecule has 3 aromatic rings. The number of hydrogen-bond donors (Lipinski definition) is 1. The van der Waals surface area contributed by atoms with Crippen LogP contribution in [0.5, 0.6) is 5.75 Å². The molecule has 8 heteroatoms. The maximum absolute atomic E-state index is 12.8. The third-order valence-electron chi connectivity index (χ3n) is 5.60. The molecule has 1 aliphatic rings. The minimum absolute atomic E-state index is 0.0656. The lowest BCUT2D eigenvalue weighted by Crippen LogP contribution is -2.43. The quantitative estimate of drug-likeness (QED) is 0.299. The molecule has 4 rings (SSSR count). The first kappa shape index (κ1) is 22.9. The standard InChI is InChI=1S/C25H24ClNO6/c1-2-7-20(27-25(30)31-14-15-8-4-3-5-9-15)24(29)33-22-13-21-18(12-19(22)26)16-10-6-11-17(16)23(28)32-21/h3-5,8-9,12-13,20H,2,6-7,10-11,14H2,1H3,(H,27,30)/t20-/m0/s1. The first-order valence-corrected chi connectivity index (χ1v) is 11.3. The molecule has 33 heavy (non-hydrogen) atoms. The molecule has 0 spiro atoms. The Morgan fingerprint density at radius 3 is 2.67 bits per heavy atom. The molecule has 0 radical (unpaired) electrons. The van der Waals surface area contributed by atoms with Crippen molar-refractivity contribution >= 4 is 34.6 Å². The number of benzene rings is 2. The summed E-state index contributed by atoms with van der Waals surface area (Å²) in [6.45, 7) is 1.97. The molecule has 0 unspecified atom stereocenters. The number of nitrogens with one attached hydrogen (secondary N) is 1. The van der Waals surface area contributed by atoms with E-state index in [4.69, 9.17) is 25.5 Å². The van der Waals surface area contributed by atoms with Crippen LogP contribution in [0.25, 0.3) is 11.0 Å². The summed E-state index contributed by atoms with van der Waals surface area (Å²) in [6, 6.07) is 11.4. The highest BCUT2D eigenvalue weighted by Crippen LogP contribution is 2.34. The molecule has 1 aliphatic carbocycles. The number of carbonyl (C=O) groups excluding carboxylic acids is 2. The zero-order valence-electron chi connectivity index (χ0n) is 18.2. The number of hydrogen-bond acceptors (Lipinski definition) is 6. The van der Waals surface area contributed by atoms with Crippen molar-refractivity contribution < 1.29 is 23.5 Å². The lowest BCUT2D eigenvalue weighted by molar-refractivity contribution is -0.136. The number of esters is 1. The third kappa shape index (κ3) is 5.20. The Bertz CT molecular complexity index is 1240. The molecule has 0 aliphatic heterocycles. The van der Waals surface area contributed by atoms with E-state index in [0.29, 0.717) is 30.4 Å². The summed E-state index contributed by atoms with van der Waals surface area (Å²) >= 11 is 6.38. The van der Waals surface area contributed by atoms with E-state index in [1.54, 1.807) is 6.07 Å². The number of rotatable bonds is 7. The molecule has 2 aromatic carbocycles. The Balaban J connectivity index is 1.47. The third-order valence-corrected chi connectivity index (χ3v) is 5.90. The zero-order valence-corrected chi connectivity index (χ0v) is 18.9. The van der Waals surface area contributed by atoms with E-state index in [1.165, 1.54) is 6.07 Å². The van der Waals surface area contributed by atoms with Crippen molar-refractivity contribution in [3.05, 3.63) is 74.6 Å². The van der Waals surface area contributed by atoms with Gasteiger partial charge in [0.15, 0.2) is 5.75 Å². The van der Waals surface area contributed by atoms with Gasteiger partial charge in [-0.1, -0.05) is 55.3 Å². The van der Waals surface area contributed by atoms with Gasteiger partial charge in [0.05, 0.1) is 5.02 Å². The van der Waals surface area contributed by atoms with Crippen molar-refractivity contribution in [2.24, 2.45) is 0 Å². The second kappa shape index (κ2) is 10.1. The fourth-order valence-electron chi connectivity index (χ4n) is 3.99. The summed E-state index contributed by atoms with van der Waals surface area (Å²) in [4.78, 5) is 37.3. The summed E-state index contributed by atoms with van der Waals surface area (Å²) < 4.78 is 16.1. The van der Waals surface area contributed by atoms with Gasteiger partial charge < -0.3 is 19.2 Å². The van der Waals surface area contributed by atoms with Crippen LogP contribution in [-0.4, -0.2) is 18.1 Å². The Morgan fingerprint density at radius 1 is 1.15 bits per heavy atom. The molecule has 1 atom stereocenters. The van der Waals surface area contributed by atoms with E-state index in [0.717, 1.165) is 29.4 Å². The van der Waals surface area contributed by atoms with E-state index < -0.39 is 18.1 Å². The van der Waals surface area contributed by atoms with Crippen LogP contribution in [0.3, 0.4) is 0 Å². The topological polar surface area (TPSA) is 94.8 Å². The summed E-state index contributed by atoms with van der Waals surface area (Å²) in [5.74, 6) is -0.617. The Hall–Kier alpha value is -3.32. The van der Waals surface area contributed by atoms with Crippen molar-refractivity contribution in [1.82, 2.24) is 5.32 Å². The smallest absolute Gasteiger partial charge is 0.408 e. The second-order valence-corrected chi connectivity index (χ2v) is 8.35. The first-order chi connectivity index (χ1) is 16.0. The first-order valence-electron chi connectivity index (χ1n) is 10.9. The van der Waals surface area contributed by atoms with Crippen molar-refractivity contribution in [1.29, 1.82) is 0 Å². The number of halogens is 1. The molecule has 0 bridgehead atoms. The van der Waals surface area contributed by atoms with E-state index in [9.17, 15) is 14.4 Å². The van der Waals surface area contributed by atoms with Crippen LogP contribution in [0, 0.1) is 0 Å². The van der Waals surface area contributed by atoms with Crippen LogP contribution in [0.2, 0.25) is 5.02 Å². The molecule has 1 amide bonds. The van der Waals surface area contributed by atoms with Crippen LogP contribution in [0.1, 0.15) is 42.9 Å². The predicted octanol–water partition coefficient (Wildman–Crippen LogP) is 4.94. The Kier molecular flexibility index (Phi) is 6.99. The van der Waals surface area contributed by atoms with Gasteiger partial charge in [-0.15, -0.1) is 0 Å².